The van der Waals surface area contributed by atoms with Gasteiger partial charge in [-0.2, -0.15) is 0 Å². The topological polar surface area (TPSA) is 91.0 Å². The van der Waals surface area contributed by atoms with Crippen molar-refractivity contribution in [1.29, 1.82) is 0 Å². The summed E-state index contributed by atoms with van der Waals surface area (Å²) in [6, 6.07) is 28.4. The van der Waals surface area contributed by atoms with Gasteiger partial charge in [-0.25, -0.2) is 13.1 Å². The van der Waals surface area contributed by atoms with E-state index in [4.69, 9.17) is 16.3 Å². The molecule has 8 nitrogen and oxygen atoms in total. The molecule has 1 atom stereocenters. The Labute approximate surface area is 251 Å². The average Bonchev–Trinajstić information content (AvgIpc) is 3.01. The molecule has 1 fully saturated rings. The molecule has 4 aromatic rings. The molecule has 1 amide bonds. The first-order valence-electron chi connectivity index (χ1n) is 13.7. The highest BCUT2D eigenvalue weighted by Gasteiger charge is 2.28. The number of amides is 1. The molecule has 10 heteroatoms. The predicted molar refractivity (Wildman–Crippen MR) is 168 cm³/mol. The van der Waals surface area contributed by atoms with Gasteiger partial charge >= 0.3 is 0 Å². The van der Waals surface area contributed by atoms with E-state index >= 15 is 0 Å². The number of hydrogen-bond acceptors (Lipinski definition) is 6. The van der Waals surface area contributed by atoms with Gasteiger partial charge in [0.25, 0.3) is 5.91 Å². The summed E-state index contributed by atoms with van der Waals surface area (Å²) in [4.78, 5) is 17.3. The molecule has 0 saturated carbocycles. The summed E-state index contributed by atoms with van der Waals surface area (Å²) in [5.41, 5.74) is 3.16. The Bertz CT molecular complexity index is 1660. The monoisotopic (exact) mass is 604 g/mol. The molecule has 0 aliphatic carbocycles. The summed E-state index contributed by atoms with van der Waals surface area (Å²) in [7, 11) is -2.34. The maximum atomic E-state index is 13.9. The molecule has 2 N–H and O–H groups in total. The van der Waals surface area contributed by atoms with E-state index in [2.05, 4.69) is 19.8 Å². The highest BCUT2D eigenvalue weighted by molar-refractivity contribution is 7.89. The van der Waals surface area contributed by atoms with Gasteiger partial charge in [0.15, 0.2) is 0 Å². The van der Waals surface area contributed by atoms with Crippen molar-refractivity contribution in [3.63, 3.8) is 0 Å². The van der Waals surface area contributed by atoms with E-state index in [1.165, 1.54) is 6.07 Å². The molecule has 1 saturated heterocycles. The molecule has 0 bridgehead atoms. The van der Waals surface area contributed by atoms with Crippen LogP contribution in [0.4, 0.5) is 17.1 Å². The molecule has 1 unspecified atom stereocenters. The number of methoxy groups -OCH3 is 1. The molecule has 42 heavy (non-hydrogen) atoms. The second-order valence-electron chi connectivity index (χ2n) is 10.0. The van der Waals surface area contributed by atoms with Gasteiger partial charge in [0.1, 0.15) is 10.6 Å². The zero-order chi connectivity index (χ0) is 29.7. The number of piperazine rings is 1. The van der Waals surface area contributed by atoms with Gasteiger partial charge in [-0.05, 0) is 61.0 Å². The lowest BCUT2D eigenvalue weighted by Crippen LogP contribution is -2.47. The predicted octanol–water partition coefficient (Wildman–Crippen LogP) is 5.97. The second kappa shape index (κ2) is 12.9. The molecule has 0 aromatic heterocycles. The first kappa shape index (κ1) is 29.4. The zero-order valence-electron chi connectivity index (χ0n) is 23.5. The summed E-state index contributed by atoms with van der Waals surface area (Å²) in [6.07, 6.45) is 0. The Kier molecular flexibility index (Phi) is 9.01. The maximum Gasteiger partial charge on any atom is 0.255 e. The number of para-hydroxylation sites is 2. The first-order valence-corrected chi connectivity index (χ1v) is 15.5. The van der Waals surface area contributed by atoms with Crippen molar-refractivity contribution in [2.75, 3.05) is 48.4 Å². The third kappa shape index (κ3) is 6.70. The number of benzene rings is 4. The van der Waals surface area contributed by atoms with Crippen LogP contribution >= 0.6 is 11.6 Å². The number of carbonyl (C=O) groups is 1. The van der Waals surface area contributed by atoms with Crippen LogP contribution in [-0.2, 0) is 10.0 Å². The van der Waals surface area contributed by atoms with E-state index in [9.17, 15) is 13.2 Å². The van der Waals surface area contributed by atoms with Crippen LogP contribution in [0, 0.1) is 0 Å². The van der Waals surface area contributed by atoms with E-state index in [0.29, 0.717) is 48.1 Å². The third-order valence-corrected chi connectivity index (χ3v) is 9.08. The van der Waals surface area contributed by atoms with Crippen LogP contribution < -0.4 is 24.6 Å². The van der Waals surface area contributed by atoms with Crippen molar-refractivity contribution in [2.45, 2.75) is 17.9 Å². The van der Waals surface area contributed by atoms with Gasteiger partial charge in [0.05, 0.1) is 18.5 Å². The van der Waals surface area contributed by atoms with E-state index in [1.54, 1.807) is 43.5 Å². The number of rotatable bonds is 9. The van der Waals surface area contributed by atoms with Crippen LogP contribution in [0.5, 0.6) is 5.75 Å². The Hall–Kier alpha value is -4.05. The number of anilines is 3. The van der Waals surface area contributed by atoms with E-state index in [0.717, 1.165) is 17.0 Å². The van der Waals surface area contributed by atoms with Crippen LogP contribution in [0.2, 0.25) is 5.02 Å². The smallest absolute Gasteiger partial charge is 0.255 e. The number of nitrogens with zero attached hydrogens (tertiary/aromatic N) is 2. The second-order valence-corrected chi connectivity index (χ2v) is 12.2. The quantitative estimate of drug-likeness (QED) is 0.245. The minimum atomic E-state index is -3.99. The molecule has 1 heterocycles. The Morgan fingerprint density at radius 3 is 2.19 bits per heavy atom. The van der Waals surface area contributed by atoms with E-state index in [-0.39, 0.29) is 10.8 Å². The first-order chi connectivity index (χ1) is 20.2. The van der Waals surface area contributed by atoms with Crippen LogP contribution in [0.3, 0.4) is 0 Å². The van der Waals surface area contributed by atoms with Crippen LogP contribution in [0.15, 0.2) is 102 Å². The van der Waals surface area contributed by atoms with Crippen LogP contribution in [-0.4, -0.2) is 47.6 Å². The highest BCUT2D eigenvalue weighted by Crippen LogP contribution is 2.33. The van der Waals surface area contributed by atoms with Crippen molar-refractivity contribution in [2.24, 2.45) is 0 Å². The van der Waals surface area contributed by atoms with Crippen molar-refractivity contribution in [1.82, 2.24) is 4.72 Å². The maximum absolute atomic E-state index is 13.9. The lowest BCUT2D eigenvalue weighted by atomic mass is 10.1. The number of sulfonamides is 1. The molecule has 1 aliphatic heterocycles. The molecule has 1 aliphatic rings. The van der Waals surface area contributed by atoms with Gasteiger partial charge in [0.2, 0.25) is 10.0 Å². The van der Waals surface area contributed by atoms with Gasteiger partial charge in [-0.3, -0.25) is 4.79 Å². The molecule has 5 rings (SSSR count). The van der Waals surface area contributed by atoms with Gasteiger partial charge < -0.3 is 19.9 Å². The summed E-state index contributed by atoms with van der Waals surface area (Å²) in [5, 5.41) is 3.26. The van der Waals surface area contributed by atoms with Gasteiger partial charge in [0, 0.05) is 48.5 Å². The Morgan fingerprint density at radius 1 is 0.833 bits per heavy atom. The van der Waals surface area contributed by atoms with Crippen LogP contribution in [0.25, 0.3) is 0 Å². The third-order valence-electron chi connectivity index (χ3n) is 7.27. The molecule has 4 aromatic carbocycles. The SMILES string of the molecule is COc1ccccc1N1CCN(c2ccc(NC(=O)c3cccc(Cl)c3)cc2S(=O)(=O)NC(C)c2ccccc2)CC1. The fraction of sp³-hybridized carbons (Fsp3) is 0.219. The molecular weight excluding hydrogens is 572 g/mol. The standard InChI is InChI=1S/C32H33ClN4O4S/c1-23(24-9-4-3-5-10-24)35-42(39,40)31-22-27(34-32(38)25-11-8-12-26(33)21-25)15-16-29(31)37-19-17-36(18-20-37)28-13-6-7-14-30(28)41-2/h3-16,21-23,35H,17-20H2,1-2H3,(H,34,38). The molecule has 218 valence electrons. The fourth-order valence-corrected chi connectivity index (χ4v) is 6.76. The van der Waals surface area contributed by atoms with Crippen molar-refractivity contribution >= 4 is 44.6 Å². The van der Waals surface area contributed by atoms with E-state index in [1.807, 2.05) is 61.5 Å². The lowest BCUT2D eigenvalue weighted by Gasteiger charge is -2.38. The van der Waals surface area contributed by atoms with Gasteiger partial charge in [-0.1, -0.05) is 60.1 Å². The van der Waals surface area contributed by atoms with Crippen molar-refractivity contribution in [3.8, 4) is 5.75 Å². The number of ether oxygens (including phenoxy) is 1. The van der Waals surface area contributed by atoms with Crippen molar-refractivity contribution < 1.29 is 17.9 Å². The number of halogens is 1. The molecule has 0 spiro atoms. The lowest BCUT2D eigenvalue weighted by molar-refractivity contribution is 0.102. The Morgan fingerprint density at radius 2 is 1.50 bits per heavy atom. The summed E-state index contributed by atoms with van der Waals surface area (Å²) < 4.78 is 36.2. The van der Waals surface area contributed by atoms with Crippen molar-refractivity contribution in [3.05, 3.63) is 113 Å². The van der Waals surface area contributed by atoms with Crippen LogP contribution in [0.1, 0.15) is 28.9 Å². The summed E-state index contributed by atoms with van der Waals surface area (Å²) in [6.45, 7) is 4.37. The normalized spacial score (nSPS) is 14.4. The minimum absolute atomic E-state index is 0.0971. The number of carbonyl (C=O) groups excluding carboxylic acids is 1. The summed E-state index contributed by atoms with van der Waals surface area (Å²) in [5.74, 6) is 0.415. The Balaban J connectivity index is 1.43. The minimum Gasteiger partial charge on any atom is -0.495 e. The molecular formula is C32H33ClN4O4S. The number of nitrogens with one attached hydrogen (secondary N) is 2. The fourth-order valence-electron chi connectivity index (χ4n) is 5.09. The van der Waals surface area contributed by atoms with E-state index < -0.39 is 16.1 Å². The zero-order valence-corrected chi connectivity index (χ0v) is 25.0. The highest BCUT2D eigenvalue weighted by atomic mass is 35.5. The average molecular weight is 605 g/mol. The summed E-state index contributed by atoms with van der Waals surface area (Å²) >= 11 is 6.07. The largest absolute Gasteiger partial charge is 0.495 e. The van der Waals surface area contributed by atoms with Gasteiger partial charge in [-0.15, -0.1) is 0 Å². The number of hydrogen-bond donors (Lipinski definition) is 2. The molecule has 0 radical (unpaired) electrons.